The molecule has 2 fully saturated rings. The fraction of sp³-hybridized carbons (Fsp3) is 0.500. The van der Waals surface area contributed by atoms with Crippen molar-refractivity contribution in [3.8, 4) is 0 Å². The van der Waals surface area contributed by atoms with Gasteiger partial charge in [-0.25, -0.2) is 8.42 Å². The number of fused-ring (bicyclic) bond motifs is 1. The van der Waals surface area contributed by atoms with Crippen molar-refractivity contribution in [3.05, 3.63) is 56.9 Å². The molecule has 212 valence electrons. The number of sulfonamides is 1. The van der Waals surface area contributed by atoms with Crippen LogP contribution in [0.25, 0.3) is 0 Å². The predicted octanol–water partition coefficient (Wildman–Crippen LogP) is 3.21. The van der Waals surface area contributed by atoms with Crippen LogP contribution in [0.15, 0.2) is 46.4 Å². The summed E-state index contributed by atoms with van der Waals surface area (Å²) in [6, 6.07) is 4.46. The van der Waals surface area contributed by atoms with E-state index in [1.165, 1.54) is 28.3 Å². The Morgan fingerprint density at radius 1 is 1.15 bits per heavy atom. The highest BCUT2D eigenvalue weighted by Gasteiger charge is 2.55. The van der Waals surface area contributed by atoms with E-state index >= 15 is 0 Å². The van der Waals surface area contributed by atoms with E-state index in [0.29, 0.717) is 15.6 Å². The lowest BCUT2D eigenvalue weighted by Gasteiger charge is -2.54. The Hall–Kier alpha value is -2.11. The molecule has 2 saturated heterocycles. The Morgan fingerprint density at radius 3 is 2.44 bits per heavy atom. The lowest BCUT2D eigenvalue weighted by Crippen LogP contribution is -2.76. The SMILES string of the molecule is CC(=O)NC1CN(S(=O)(=O)C2=CC=C(Cl)CC2(C)Cl)C2CN(C(C)C)C(=O)C(Cc3cccc(Cl)c3)N2C1=O. The fourth-order valence-corrected chi connectivity index (χ4v) is 8.44. The molecule has 3 aliphatic rings. The van der Waals surface area contributed by atoms with Crippen LogP contribution >= 0.6 is 34.8 Å². The summed E-state index contributed by atoms with van der Waals surface area (Å²) in [4.78, 5) is 41.1. The van der Waals surface area contributed by atoms with Gasteiger partial charge in [-0.15, -0.1) is 11.6 Å². The average Bonchev–Trinajstić information content (AvgIpc) is 2.80. The van der Waals surface area contributed by atoms with Gasteiger partial charge in [0.05, 0.1) is 16.3 Å². The second-order valence-electron chi connectivity index (χ2n) is 10.5. The standard InChI is InChI=1S/C26H31Cl3N4O5S/c1-15(2)31-14-23-32(39(37,38)22-9-8-19(28)12-26(22,4)29)13-20(30-16(3)34)24(35)33(23)21(25(31)36)11-17-6-5-7-18(27)10-17/h5-10,15,20-21,23H,11-14H2,1-4H3,(H,30,34). The quantitative estimate of drug-likeness (QED) is 0.494. The number of allylic oxidation sites excluding steroid dienone is 4. The number of carbonyl (C=O) groups is 3. The number of piperazine rings is 1. The Labute approximate surface area is 243 Å². The van der Waals surface area contributed by atoms with Gasteiger partial charge in [-0.3, -0.25) is 14.4 Å². The summed E-state index contributed by atoms with van der Waals surface area (Å²) in [5, 5.41) is 3.45. The Balaban J connectivity index is 1.85. The number of alkyl halides is 1. The van der Waals surface area contributed by atoms with Crippen LogP contribution in [0.2, 0.25) is 5.02 Å². The lowest BCUT2D eigenvalue weighted by atomic mass is 9.96. The minimum atomic E-state index is -4.29. The topological polar surface area (TPSA) is 107 Å². The number of benzene rings is 1. The molecule has 4 rings (SSSR count). The minimum absolute atomic E-state index is 0.0385. The molecule has 1 N–H and O–H groups in total. The first-order valence-corrected chi connectivity index (χ1v) is 15.1. The van der Waals surface area contributed by atoms with Crippen molar-refractivity contribution in [1.29, 1.82) is 0 Å². The van der Waals surface area contributed by atoms with Crippen molar-refractivity contribution < 1.29 is 22.8 Å². The molecule has 3 amide bonds. The van der Waals surface area contributed by atoms with E-state index in [0.717, 1.165) is 0 Å². The van der Waals surface area contributed by atoms with Gasteiger partial charge in [0.1, 0.15) is 18.2 Å². The van der Waals surface area contributed by atoms with Crippen LogP contribution in [0.4, 0.5) is 0 Å². The second-order valence-corrected chi connectivity index (χ2v) is 14.1. The number of nitrogens with one attached hydrogen (secondary N) is 1. The molecule has 0 bridgehead atoms. The Bertz CT molecular complexity index is 1360. The predicted molar refractivity (Wildman–Crippen MR) is 151 cm³/mol. The van der Waals surface area contributed by atoms with Crippen molar-refractivity contribution in [3.63, 3.8) is 0 Å². The third-order valence-electron chi connectivity index (χ3n) is 7.17. The molecule has 0 spiro atoms. The van der Waals surface area contributed by atoms with Gasteiger partial charge in [0, 0.05) is 42.4 Å². The summed E-state index contributed by atoms with van der Waals surface area (Å²) in [7, 11) is -4.29. The molecule has 1 aromatic carbocycles. The highest BCUT2D eigenvalue weighted by atomic mass is 35.5. The number of hydrogen-bond acceptors (Lipinski definition) is 5. The van der Waals surface area contributed by atoms with Gasteiger partial charge in [-0.2, -0.15) is 4.31 Å². The van der Waals surface area contributed by atoms with E-state index < -0.39 is 45.0 Å². The first-order chi connectivity index (χ1) is 18.1. The van der Waals surface area contributed by atoms with E-state index in [2.05, 4.69) is 5.32 Å². The van der Waals surface area contributed by atoms with Crippen LogP contribution in [0, 0.1) is 0 Å². The first-order valence-electron chi connectivity index (χ1n) is 12.5. The van der Waals surface area contributed by atoms with E-state index in [4.69, 9.17) is 34.8 Å². The highest BCUT2D eigenvalue weighted by molar-refractivity contribution is 7.93. The monoisotopic (exact) mass is 616 g/mol. The zero-order chi connectivity index (χ0) is 28.9. The molecule has 9 nitrogen and oxygen atoms in total. The van der Waals surface area contributed by atoms with Gasteiger partial charge >= 0.3 is 0 Å². The molecule has 39 heavy (non-hydrogen) atoms. The van der Waals surface area contributed by atoms with Crippen molar-refractivity contribution in [2.24, 2.45) is 0 Å². The summed E-state index contributed by atoms with van der Waals surface area (Å²) in [5.41, 5.74) is 0.706. The van der Waals surface area contributed by atoms with Gasteiger partial charge in [0.2, 0.25) is 27.7 Å². The zero-order valence-corrected chi connectivity index (χ0v) is 25.1. The zero-order valence-electron chi connectivity index (χ0n) is 22.0. The smallest absolute Gasteiger partial charge is 0.248 e. The van der Waals surface area contributed by atoms with Crippen molar-refractivity contribution in [1.82, 2.24) is 19.4 Å². The molecule has 4 unspecified atom stereocenters. The molecule has 0 radical (unpaired) electrons. The molecule has 2 aliphatic heterocycles. The number of rotatable bonds is 6. The molecule has 1 aliphatic carbocycles. The number of carbonyl (C=O) groups excluding carboxylic acids is 3. The maximum absolute atomic E-state index is 14.3. The van der Waals surface area contributed by atoms with E-state index in [1.54, 1.807) is 36.1 Å². The van der Waals surface area contributed by atoms with Crippen LogP contribution in [0.3, 0.4) is 0 Å². The van der Waals surface area contributed by atoms with Gasteiger partial charge < -0.3 is 15.1 Å². The molecular weight excluding hydrogens is 587 g/mol. The van der Waals surface area contributed by atoms with Crippen molar-refractivity contribution in [2.75, 3.05) is 13.1 Å². The summed E-state index contributed by atoms with van der Waals surface area (Å²) in [5.74, 6) is -1.35. The third kappa shape index (κ3) is 5.86. The fourth-order valence-electron chi connectivity index (χ4n) is 5.40. The summed E-state index contributed by atoms with van der Waals surface area (Å²) in [6.07, 6.45) is 2.06. The molecule has 1 aromatic rings. The molecule has 2 heterocycles. The first kappa shape index (κ1) is 29.9. The molecule has 13 heteroatoms. The van der Waals surface area contributed by atoms with Crippen LogP contribution in [0.1, 0.15) is 39.7 Å². The highest BCUT2D eigenvalue weighted by Crippen LogP contribution is 2.42. The summed E-state index contributed by atoms with van der Waals surface area (Å²) >= 11 is 19.0. The maximum Gasteiger partial charge on any atom is 0.248 e. The van der Waals surface area contributed by atoms with Crippen LogP contribution in [0.5, 0.6) is 0 Å². The van der Waals surface area contributed by atoms with Crippen LogP contribution < -0.4 is 5.32 Å². The van der Waals surface area contributed by atoms with Gasteiger partial charge in [0.25, 0.3) is 0 Å². The Kier molecular flexibility index (Phi) is 8.46. The van der Waals surface area contributed by atoms with E-state index in [9.17, 15) is 22.8 Å². The van der Waals surface area contributed by atoms with Gasteiger partial charge in [-0.1, -0.05) is 35.3 Å². The second kappa shape index (κ2) is 11.0. The number of amides is 3. The van der Waals surface area contributed by atoms with Gasteiger partial charge in [0.15, 0.2) is 0 Å². The Morgan fingerprint density at radius 2 is 1.85 bits per heavy atom. The average molecular weight is 618 g/mol. The number of hydrogen-bond donors (Lipinski definition) is 1. The van der Waals surface area contributed by atoms with Gasteiger partial charge in [-0.05, 0) is 50.6 Å². The van der Waals surface area contributed by atoms with Crippen molar-refractivity contribution >= 4 is 62.5 Å². The van der Waals surface area contributed by atoms with Crippen LogP contribution in [-0.2, 0) is 30.8 Å². The molecule has 4 atom stereocenters. The molecule has 0 aromatic heterocycles. The van der Waals surface area contributed by atoms with Crippen molar-refractivity contribution in [2.45, 2.75) is 69.7 Å². The normalized spacial score (nSPS) is 28.3. The largest absolute Gasteiger partial charge is 0.343 e. The van der Waals surface area contributed by atoms with E-state index in [1.807, 2.05) is 13.8 Å². The molecule has 0 saturated carbocycles. The number of nitrogens with zero attached hydrogens (tertiary/aromatic N) is 3. The summed E-state index contributed by atoms with van der Waals surface area (Å²) < 4.78 is 29.7. The minimum Gasteiger partial charge on any atom is -0.343 e. The number of halogens is 3. The molecular formula is C26H31Cl3N4O5S. The third-order valence-corrected chi connectivity index (χ3v) is 10.3. The maximum atomic E-state index is 14.3. The summed E-state index contributed by atoms with van der Waals surface area (Å²) in [6.45, 7) is 6.13. The van der Waals surface area contributed by atoms with E-state index in [-0.39, 0.29) is 42.8 Å². The van der Waals surface area contributed by atoms with Crippen LogP contribution in [-0.4, -0.2) is 82.5 Å². The lowest BCUT2D eigenvalue weighted by molar-refractivity contribution is -0.169.